The molecule has 1 amide bonds. The molecule has 0 aliphatic carbocycles. The molecule has 0 aliphatic rings. The summed E-state index contributed by atoms with van der Waals surface area (Å²) >= 11 is 0. The Morgan fingerprint density at radius 3 is 2.79 bits per heavy atom. The van der Waals surface area contributed by atoms with Crippen LogP contribution in [-0.4, -0.2) is 20.7 Å². The van der Waals surface area contributed by atoms with Gasteiger partial charge in [-0.1, -0.05) is 0 Å². The van der Waals surface area contributed by atoms with Gasteiger partial charge in [-0.05, 0) is 32.9 Å². The van der Waals surface area contributed by atoms with Crippen LogP contribution in [0.5, 0.6) is 0 Å². The molecule has 0 aromatic carbocycles. The van der Waals surface area contributed by atoms with E-state index in [9.17, 15) is 4.79 Å². The van der Waals surface area contributed by atoms with Crippen molar-refractivity contribution < 1.29 is 4.79 Å². The fraction of sp³-hybridized carbons (Fsp3) is 0.308. The number of aryl methyl sites for hydroxylation is 3. The second kappa shape index (κ2) is 5.09. The first-order valence-corrected chi connectivity index (χ1v) is 6.09. The molecule has 0 fully saturated rings. The third-order valence-corrected chi connectivity index (χ3v) is 2.86. The molecule has 2 heterocycles. The lowest BCUT2D eigenvalue weighted by Crippen LogP contribution is -2.19. The predicted molar refractivity (Wildman–Crippen MR) is 74.0 cm³/mol. The van der Waals surface area contributed by atoms with Crippen LogP contribution in [0.25, 0.3) is 0 Å². The van der Waals surface area contributed by atoms with Gasteiger partial charge in [0.1, 0.15) is 5.69 Å². The first-order valence-electron chi connectivity index (χ1n) is 6.09. The predicted octanol–water partition coefficient (Wildman–Crippen LogP) is 1.75. The second-order valence-electron chi connectivity index (χ2n) is 4.30. The third-order valence-electron chi connectivity index (χ3n) is 2.86. The van der Waals surface area contributed by atoms with Crippen LogP contribution in [0.4, 0.5) is 11.4 Å². The number of carbonyl (C=O) groups excluding carboxylic acids is 1. The fourth-order valence-electron chi connectivity index (χ4n) is 1.89. The Hall–Kier alpha value is -2.37. The molecule has 0 saturated carbocycles. The van der Waals surface area contributed by atoms with Gasteiger partial charge < -0.3 is 11.1 Å². The molecule has 2 aromatic heterocycles. The van der Waals surface area contributed by atoms with Crippen molar-refractivity contribution in [2.45, 2.75) is 27.3 Å². The first kappa shape index (κ1) is 13.1. The summed E-state index contributed by atoms with van der Waals surface area (Å²) in [6, 6.07) is 3.68. The minimum absolute atomic E-state index is 0.273. The van der Waals surface area contributed by atoms with E-state index in [0.29, 0.717) is 23.6 Å². The van der Waals surface area contributed by atoms with Crippen LogP contribution in [0.15, 0.2) is 18.3 Å². The molecule has 0 atom stereocenters. The molecule has 0 saturated heterocycles. The number of hydrogen-bond donors (Lipinski definition) is 2. The Labute approximate surface area is 111 Å². The summed E-state index contributed by atoms with van der Waals surface area (Å²) in [5.74, 6) is -0.273. The molecule has 0 spiro atoms. The molecule has 0 aliphatic heterocycles. The summed E-state index contributed by atoms with van der Waals surface area (Å²) < 4.78 is 1.57. The van der Waals surface area contributed by atoms with Gasteiger partial charge in [0.2, 0.25) is 0 Å². The molecule has 3 N–H and O–H groups in total. The normalized spacial score (nSPS) is 10.5. The molecule has 0 radical (unpaired) electrons. The highest BCUT2D eigenvalue weighted by Crippen LogP contribution is 2.17. The largest absolute Gasteiger partial charge is 0.396 e. The topological polar surface area (TPSA) is 85.8 Å². The molecule has 6 heteroatoms. The fourth-order valence-corrected chi connectivity index (χ4v) is 1.89. The maximum absolute atomic E-state index is 12.2. The van der Waals surface area contributed by atoms with Crippen molar-refractivity contribution in [3.8, 4) is 0 Å². The minimum Gasteiger partial charge on any atom is -0.396 e. The molecule has 6 nitrogen and oxygen atoms in total. The molecule has 0 unspecified atom stereocenters. The van der Waals surface area contributed by atoms with Gasteiger partial charge in [-0.25, -0.2) is 0 Å². The van der Waals surface area contributed by atoms with E-state index in [1.54, 1.807) is 4.68 Å². The Morgan fingerprint density at radius 2 is 2.16 bits per heavy atom. The summed E-state index contributed by atoms with van der Waals surface area (Å²) in [5, 5.41) is 6.86. The lowest BCUT2D eigenvalue weighted by Gasteiger charge is -2.10. The number of hydrogen-bond acceptors (Lipinski definition) is 4. The van der Waals surface area contributed by atoms with Crippen molar-refractivity contribution in [3.05, 3.63) is 35.4 Å². The van der Waals surface area contributed by atoms with E-state index in [1.165, 1.54) is 6.20 Å². The van der Waals surface area contributed by atoms with E-state index < -0.39 is 0 Å². The van der Waals surface area contributed by atoms with Crippen LogP contribution in [0.1, 0.15) is 28.8 Å². The third kappa shape index (κ3) is 2.57. The van der Waals surface area contributed by atoms with Crippen molar-refractivity contribution in [2.75, 3.05) is 11.1 Å². The highest BCUT2D eigenvalue weighted by molar-refractivity contribution is 6.06. The summed E-state index contributed by atoms with van der Waals surface area (Å²) in [7, 11) is 0. The molecule has 19 heavy (non-hydrogen) atoms. The molecule has 2 aromatic rings. The monoisotopic (exact) mass is 259 g/mol. The van der Waals surface area contributed by atoms with E-state index in [1.807, 2.05) is 32.9 Å². The van der Waals surface area contributed by atoms with Crippen LogP contribution < -0.4 is 11.1 Å². The SMILES string of the molecule is CCn1ncc(N)c1C(=O)Nc1ccc(C)nc1C. The average Bonchev–Trinajstić information content (AvgIpc) is 2.74. The average molecular weight is 259 g/mol. The van der Waals surface area contributed by atoms with E-state index in [2.05, 4.69) is 15.4 Å². The van der Waals surface area contributed by atoms with Crippen molar-refractivity contribution in [2.24, 2.45) is 0 Å². The Morgan fingerprint density at radius 1 is 1.42 bits per heavy atom. The van der Waals surface area contributed by atoms with Gasteiger partial charge in [0, 0.05) is 12.2 Å². The molecule has 2 rings (SSSR count). The zero-order chi connectivity index (χ0) is 14.0. The van der Waals surface area contributed by atoms with Gasteiger partial charge in [0.25, 0.3) is 5.91 Å². The number of carbonyl (C=O) groups is 1. The lowest BCUT2D eigenvalue weighted by molar-refractivity contribution is 0.101. The van der Waals surface area contributed by atoms with Gasteiger partial charge in [-0.15, -0.1) is 0 Å². The smallest absolute Gasteiger partial charge is 0.276 e. The number of aromatic nitrogens is 3. The number of pyridine rings is 1. The Balaban J connectivity index is 2.28. The number of amides is 1. The van der Waals surface area contributed by atoms with E-state index in [-0.39, 0.29) is 5.91 Å². The van der Waals surface area contributed by atoms with Gasteiger partial charge in [-0.3, -0.25) is 14.5 Å². The van der Waals surface area contributed by atoms with E-state index in [0.717, 1.165) is 11.4 Å². The van der Waals surface area contributed by atoms with Crippen LogP contribution >= 0.6 is 0 Å². The molecule has 0 bridgehead atoms. The van der Waals surface area contributed by atoms with Crippen LogP contribution in [-0.2, 0) is 6.54 Å². The highest BCUT2D eigenvalue weighted by Gasteiger charge is 2.17. The molecular formula is C13H17N5O. The van der Waals surface area contributed by atoms with E-state index >= 15 is 0 Å². The quantitative estimate of drug-likeness (QED) is 0.879. The standard InChI is InChI=1S/C13H17N5O/c1-4-18-12(10(14)7-15-18)13(19)17-11-6-5-8(2)16-9(11)3/h5-7H,4,14H2,1-3H3,(H,17,19). The summed E-state index contributed by atoms with van der Waals surface area (Å²) in [4.78, 5) is 16.5. The number of nitrogen functional groups attached to an aromatic ring is 1. The minimum atomic E-state index is -0.273. The Bertz CT molecular complexity index is 617. The highest BCUT2D eigenvalue weighted by atomic mass is 16.2. The summed E-state index contributed by atoms with van der Waals surface area (Å²) in [6.45, 7) is 6.25. The van der Waals surface area contributed by atoms with Crippen molar-refractivity contribution >= 4 is 17.3 Å². The zero-order valence-electron chi connectivity index (χ0n) is 11.3. The van der Waals surface area contributed by atoms with Gasteiger partial charge in [-0.2, -0.15) is 5.10 Å². The zero-order valence-corrected chi connectivity index (χ0v) is 11.3. The number of nitrogens with zero attached hydrogens (tertiary/aromatic N) is 3. The first-order chi connectivity index (χ1) is 9.02. The van der Waals surface area contributed by atoms with E-state index in [4.69, 9.17) is 5.73 Å². The van der Waals surface area contributed by atoms with Crippen LogP contribution in [0.2, 0.25) is 0 Å². The van der Waals surface area contributed by atoms with Crippen molar-refractivity contribution in [3.63, 3.8) is 0 Å². The van der Waals surface area contributed by atoms with Gasteiger partial charge >= 0.3 is 0 Å². The summed E-state index contributed by atoms with van der Waals surface area (Å²) in [5.41, 5.74) is 8.89. The second-order valence-corrected chi connectivity index (χ2v) is 4.30. The van der Waals surface area contributed by atoms with Crippen molar-refractivity contribution in [1.82, 2.24) is 14.8 Å². The summed E-state index contributed by atoms with van der Waals surface area (Å²) in [6.07, 6.45) is 1.48. The van der Waals surface area contributed by atoms with Gasteiger partial charge in [0.05, 0.1) is 23.3 Å². The van der Waals surface area contributed by atoms with Crippen LogP contribution in [0, 0.1) is 13.8 Å². The Kier molecular flexibility index (Phi) is 3.50. The number of rotatable bonds is 3. The number of nitrogens with one attached hydrogen (secondary N) is 1. The maximum Gasteiger partial charge on any atom is 0.276 e. The molecular weight excluding hydrogens is 242 g/mol. The van der Waals surface area contributed by atoms with Gasteiger partial charge in [0.15, 0.2) is 0 Å². The lowest BCUT2D eigenvalue weighted by atomic mass is 10.2. The van der Waals surface area contributed by atoms with Crippen LogP contribution in [0.3, 0.4) is 0 Å². The molecule has 100 valence electrons. The van der Waals surface area contributed by atoms with Crippen molar-refractivity contribution in [1.29, 1.82) is 0 Å². The number of nitrogens with two attached hydrogens (primary N) is 1. The number of anilines is 2. The maximum atomic E-state index is 12.2.